The van der Waals surface area contributed by atoms with Crippen LogP contribution in [-0.2, 0) is 9.53 Å². The molecule has 0 saturated carbocycles. The Kier molecular flexibility index (Phi) is 6.79. The van der Waals surface area contributed by atoms with Crippen molar-refractivity contribution in [3.05, 3.63) is 71.0 Å². The Bertz CT molecular complexity index is 1020. The zero-order valence-electron chi connectivity index (χ0n) is 16.7. The third kappa shape index (κ3) is 5.21. The second-order valence-corrected chi connectivity index (χ2v) is 7.45. The number of hydrogen-bond donors (Lipinski definition) is 1. The molecule has 2 aromatic carbocycles. The van der Waals surface area contributed by atoms with E-state index in [1.807, 2.05) is 24.3 Å². The highest BCUT2D eigenvalue weighted by Gasteiger charge is 2.22. The molecule has 0 fully saturated rings. The summed E-state index contributed by atoms with van der Waals surface area (Å²) in [4.78, 5) is 29.0. The third-order valence-electron chi connectivity index (χ3n) is 4.43. The van der Waals surface area contributed by atoms with Crippen LogP contribution in [0.1, 0.15) is 35.9 Å². The zero-order chi connectivity index (χ0) is 21.7. The van der Waals surface area contributed by atoms with Crippen LogP contribution in [0.15, 0.2) is 53.9 Å². The van der Waals surface area contributed by atoms with Crippen molar-refractivity contribution in [3.63, 3.8) is 0 Å². The van der Waals surface area contributed by atoms with E-state index in [1.165, 1.54) is 30.4 Å². The van der Waals surface area contributed by atoms with Crippen LogP contribution in [0, 0.1) is 5.82 Å². The molecule has 30 heavy (non-hydrogen) atoms. The molecule has 0 spiro atoms. The number of carbonyl (C=O) groups excluding carboxylic acids is 2. The molecule has 1 aromatic heterocycles. The van der Waals surface area contributed by atoms with Crippen LogP contribution in [0.4, 0.5) is 4.39 Å². The van der Waals surface area contributed by atoms with E-state index >= 15 is 0 Å². The highest BCUT2D eigenvalue weighted by Crippen LogP contribution is 2.26. The van der Waals surface area contributed by atoms with Crippen LogP contribution in [0.25, 0.3) is 10.6 Å². The van der Waals surface area contributed by atoms with E-state index < -0.39 is 18.0 Å². The lowest BCUT2D eigenvalue weighted by Crippen LogP contribution is -2.37. The average molecular weight is 428 g/mol. The van der Waals surface area contributed by atoms with Gasteiger partial charge >= 0.3 is 5.97 Å². The molecule has 0 aliphatic heterocycles. The number of rotatable bonds is 7. The van der Waals surface area contributed by atoms with Gasteiger partial charge in [-0.3, -0.25) is 4.79 Å². The number of methoxy groups -OCH3 is 1. The fourth-order valence-electron chi connectivity index (χ4n) is 2.67. The van der Waals surface area contributed by atoms with Gasteiger partial charge in [-0.25, -0.2) is 14.2 Å². The Morgan fingerprint density at radius 1 is 1.07 bits per heavy atom. The van der Waals surface area contributed by atoms with Crippen LogP contribution in [0.5, 0.6) is 5.75 Å². The summed E-state index contributed by atoms with van der Waals surface area (Å²) in [6.45, 7) is 3.25. The number of esters is 1. The maximum absolute atomic E-state index is 13.0. The second kappa shape index (κ2) is 9.49. The highest BCUT2D eigenvalue weighted by molar-refractivity contribution is 7.13. The molecule has 3 rings (SSSR count). The van der Waals surface area contributed by atoms with Crippen molar-refractivity contribution in [1.82, 2.24) is 10.3 Å². The minimum atomic E-state index is -1.01. The van der Waals surface area contributed by atoms with E-state index in [-0.39, 0.29) is 17.6 Å². The Labute approximate surface area is 177 Å². The SMILES string of the molecule is COc1ccc(-c2nc(C(=O)OC(C)C(=O)NC(C)c3ccc(F)cc3)cs2)cc1. The molecule has 2 unspecified atom stereocenters. The number of benzene rings is 2. The number of hydrogen-bond acceptors (Lipinski definition) is 6. The summed E-state index contributed by atoms with van der Waals surface area (Å²) in [6, 6.07) is 12.8. The monoisotopic (exact) mass is 428 g/mol. The van der Waals surface area contributed by atoms with E-state index in [9.17, 15) is 14.0 Å². The first-order valence-electron chi connectivity index (χ1n) is 9.24. The van der Waals surface area contributed by atoms with Crippen LogP contribution in [-0.4, -0.2) is 30.1 Å². The molecule has 1 amide bonds. The predicted octanol–water partition coefficient (Wildman–Crippen LogP) is 4.38. The Balaban J connectivity index is 1.58. The van der Waals surface area contributed by atoms with Crippen molar-refractivity contribution in [2.45, 2.75) is 26.0 Å². The summed E-state index contributed by atoms with van der Waals surface area (Å²) in [6.07, 6.45) is -1.01. The number of amides is 1. The van der Waals surface area contributed by atoms with Crippen molar-refractivity contribution in [3.8, 4) is 16.3 Å². The molecular formula is C22H21FN2O4S. The summed E-state index contributed by atoms with van der Waals surface area (Å²) in [5.74, 6) is -0.754. The summed E-state index contributed by atoms with van der Waals surface area (Å²) >= 11 is 1.31. The molecule has 1 heterocycles. The summed E-state index contributed by atoms with van der Waals surface area (Å²) < 4.78 is 23.4. The van der Waals surface area contributed by atoms with Gasteiger partial charge in [0.25, 0.3) is 5.91 Å². The van der Waals surface area contributed by atoms with Crippen molar-refractivity contribution >= 4 is 23.2 Å². The molecule has 6 nitrogen and oxygen atoms in total. The first-order chi connectivity index (χ1) is 14.4. The Morgan fingerprint density at radius 2 is 1.73 bits per heavy atom. The van der Waals surface area contributed by atoms with Crippen LogP contribution < -0.4 is 10.1 Å². The molecule has 8 heteroatoms. The number of aromatic nitrogens is 1. The van der Waals surface area contributed by atoms with Gasteiger partial charge in [0.15, 0.2) is 11.8 Å². The highest BCUT2D eigenvalue weighted by atomic mass is 32.1. The van der Waals surface area contributed by atoms with E-state index in [1.54, 1.807) is 31.5 Å². The molecule has 0 saturated heterocycles. The quantitative estimate of drug-likeness (QED) is 0.565. The standard InChI is InChI=1S/C22H21FN2O4S/c1-13(15-4-8-17(23)9-5-15)24-20(26)14(2)29-22(27)19-12-30-21(25-19)16-6-10-18(28-3)11-7-16/h4-14H,1-3H3,(H,24,26). The van der Waals surface area contributed by atoms with E-state index in [4.69, 9.17) is 9.47 Å². The smallest absolute Gasteiger partial charge is 0.358 e. The predicted molar refractivity (Wildman–Crippen MR) is 112 cm³/mol. The molecule has 0 radical (unpaired) electrons. The molecule has 2 atom stereocenters. The fraction of sp³-hybridized carbons (Fsp3) is 0.227. The maximum Gasteiger partial charge on any atom is 0.358 e. The van der Waals surface area contributed by atoms with Gasteiger partial charge in [0.05, 0.1) is 13.2 Å². The lowest BCUT2D eigenvalue weighted by atomic mass is 10.1. The minimum absolute atomic E-state index is 0.136. The molecule has 0 bridgehead atoms. The van der Waals surface area contributed by atoms with Gasteiger partial charge in [0.1, 0.15) is 16.6 Å². The minimum Gasteiger partial charge on any atom is -0.497 e. The second-order valence-electron chi connectivity index (χ2n) is 6.60. The van der Waals surface area contributed by atoms with Crippen molar-refractivity contribution < 1.29 is 23.5 Å². The number of halogens is 1. The number of thiazole rings is 1. The Hall–Kier alpha value is -3.26. The number of nitrogens with one attached hydrogen (secondary N) is 1. The largest absolute Gasteiger partial charge is 0.497 e. The number of ether oxygens (including phenoxy) is 2. The van der Waals surface area contributed by atoms with Crippen LogP contribution >= 0.6 is 11.3 Å². The normalized spacial score (nSPS) is 12.7. The van der Waals surface area contributed by atoms with Crippen molar-refractivity contribution in [2.24, 2.45) is 0 Å². The van der Waals surface area contributed by atoms with E-state index in [0.717, 1.165) is 16.9 Å². The van der Waals surface area contributed by atoms with E-state index in [2.05, 4.69) is 10.3 Å². The van der Waals surface area contributed by atoms with Gasteiger partial charge < -0.3 is 14.8 Å². The Morgan fingerprint density at radius 3 is 2.37 bits per heavy atom. The van der Waals surface area contributed by atoms with Crippen molar-refractivity contribution in [2.75, 3.05) is 7.11 Å². The molecule has 0 aliphatic rings. The zero-order valence-corrected chi connectivity index (χ0v) is 17.5. The summed E-state index contributed by atoms with van der Waals surface area (Å²) in [5.41, 5.74) is 1.72. The van der Waals surface area contributed by atoms with Gasteiger partial charge in [-0.2, -0.15) is 0 Å². The molecule has 156 valence electrons. The molecule has 3 aromatic rings. The van der Waals surface area contributed by atoms with Gasteiger partial charge in [-0.15, -0.1) is 11.3 Å². The molecule has 1 N–H and O–H groups in total. The number of nitrogens with zero attached hydrogens (tertiary/aromatic N) is 1. The van der Waals surface area contributed by atoms with Crippen molar-refractivity contribution in [1.29, 1.82) is 0 Å². The molecular weight excluding hydrogens is 407 g/mol. The first-order valence-corrected chi connectivity index (χ1v) is 10.1. The van der Waals surface area contributed by atoms with E-state index in [0.29, 0.717) is 5.01 Å². The summed E-state index contributed by atoms with van der Waals surface area (Å²) in [7, 11) is 1.59. The molecule has 0 aliphatic carbocycles. The first kappa shape index (κ1) is 21.4. The number of carbonyl (C=O) groups is 2. The lowest BCUT2D eigenvalue weighted by molar-refractivity contribution is -0.129. The van der Waals surface area contributed by atoms with Crippen LogP contribution in [0.2, 0.25) is 0 Å². The summed E-state index contributed by atoms with van der Waals surface area (Å²) in [5, 5.41) is 5.00. The fourth-order valence-corrected chi connectivity index (χ4v) is 3.47. The van der Waals surface area contributed by atoms with Gasteiger partial charge in [-0.1, -0.05) is 12.1 Å². The topological polar surface area (TPSA) is 77.5 Å². The van der Waals surface area contributed by atoms with Gasteiger partial charge in [-0.05, 0) is 55.8 Å². The average Bonchev–Trinajstić information content (AvgIpc) is 3.24. The van der Waals surface area contributed by atoms with Crippen LogP contribution in [0.3, 0.4) is 0 Å². The maximum atomic E-state index is 13.0. The van der Waals surface area contributed by atoms with Gasteiger partial charge in [0, 0.05) is 10.9 Å². The third-order valence-corrected chi connectivity index (χ3v) is 5.32. The lowest BCUT2D eigenvalue weighted by Gasteiger charge is -2.18. The van der Waals surface area contributed by atoms with Gasteiger partial charge in [0.2, 0.25) is 0 Å².